The van der Waals surface area contributed by atoms with E-state index in [0.717, 1.165) is 19.0 Å². The Morgan fingerprint density at radius 1 is 1.26 bits per heavy atom. The first-order valence-electron chi connectivity index (χ1n) is 12.2. The molecule has 1 atom stereocenters. The van der Waals surface area contributed by atoms with Gasteiger partial charge in [0.05, 0.1) is 35.8 Å². The van der Waals surface area contributed by atoms with E-state index >= 15 is 0 Å². The third-order valence-corrected chi connectivity index (χ3v) is 7.64. The maximum Gasteiger partial charge on any atom is 0.236 e. The summed E-state index contributed by atoms with van der Waals surface area (Å²) in [5.74, 6) is -0.753. The molecular formula is C26H23F2N7O2S. The van der Waals surface area contributed by atoms with Crippen LogP contribution in [0, 0.1) is 17.6 Å². The number of benzene rings is 1. The van der Waals surface area contributed by atoms with Gasteiger partial charge in [-0.25, -0.2) is 28.4 Å². The third-order valence-electron chi connectivity index (χ3n) is 7.01. The smallest absolute Gasteiger partial charge is 0.236 e. The van der Waals surface area contributed by atoms with Gasteiger partial charge in [0.1, 0.15) is 23.1 Å². The number of anilines is 1. The molecule has 2 N–H and O–H groups in total. The molecule has 0 bridgehead atoms. The van der Waals surface area contributed by atoms with Gasteiger partial charge < -0.3 is 10.6 Å². The largest absolute Gasteiger partial charge is 0.350 e. The number of nitrogens with one attached hydrogen (secondary N) is 2. The first kappa shape index (κ1) is 24.4. The number of nitrogens with zero attached hydrogens (tertiary/aromatic N) is 5. The van der Waals surface area contributed by atoms with Crippen molar-refractivity contribution in [3.63, 3.8) is 0 Å². The molecule has 1 fully saturated rings. The van der Waals surface area contributed by atoms with Gasteiger partial charge in [0.2, 0.25) is 11.8 Å². The highest BCUT2D eigenvalue weighted by atomic mass is 32.1. The van der Waals surface area contributed by atoms with E-state index in [4.69, 9.17) is 4.98 Å². The molecule has 2 aliphatic rings. The summed E-state index contributed by atoms with van der Waals surface area (Å²) < 4.78 is 30.2. The van der Waals surface area contributed by atoms with Gasteiger partial charge in [0, 0.05) is 22.8 Å². The van der Waals surface area contributed by atoms with Crippen molar-refractivity contribution in [3.05, 3.63) is 65.0 Å². The second-order valence-corrected chi connectivity index (χ2v) is 10.1. The van der Waals surface area contributed by atoms with Gasteiger partial charge >= 0.3 is 0 Å². The lowest BCUT2D eigenvalue weighted by atomic mass is 9.85. The summed E-state index contributed by atoms with van der Waals surface area (Å²) in [6.45, 7) is 1.87. The fraction of sp³-hybridized carbons (Fsp3) is 0.308. The Kier molecular flexibility index (Phi) is 5.86. The minimum absolute atomic E-state index is 0.00699. The Morgan fingerprint density at radius 3 is 2.79 bits per heavy atom. The summed E-state index contributed by atoms with van der Waals surface area (Å²) in [6, 6.07) is 7.55. The van der Waals surface area contributed by atoms with Crippen LogP contribution in [-0.4, -0.2) is 42.3 Å². The molecule has 194 valence electrons. The number of fused-ring (bicyclic) bond motifs is 2. The third kappa shape index (κ3) is 4.08. The fourth-order valence-electron chi connectivity index (χ4n) is 4.68. The van der Waals surface area contributed by atoms with Crippen LogP contribution in [0.3, 0.4) is 0 Å². The van der Waals surface area contributed by atoms with Crippen LogP contribution < -0.4 is 10.6 Å². The Morgan fingerprint density at radius 2 is 2.05 bits per heavy atom. The molecular weight excluding hydrogens is 512 g/mol. The van der Waals surface area contributed by atoms with E-state index in [2.05, 4.69) is 38.3 Å². The Balaban J connectivity index is 1.49. The lowest BCUT2D eigenvalue weighted by Crippen LogP contribution is -2.34. The zero-order valence-corrected chi connectivity index (χ0v) is 21.2. The molecule has 1 aliphatic heterocycles. The molecule has 6 rings (SSSR count). The van der Waals surface area contributed by atoms with E-state index in [1.807, 2.05) is 0 Å². The lowest BCUT2D eigenvalue weighted by molar-refractivity contribution is -0.122. The summed E-state index contributed by atoms with van der Waals surface area (Å²) in [5, 5.41) is 10.6. The first-order valence-corrected chi connectivity index (χ1v) is 12.8. The first-order chi connectivity index (χ1) is 18.3. The zero-order chi connectivity index (χ0) is 26.6. The van der Waals surface area contributed by atoms with Gasteiger partial charge in [-0.3, -0.25) is 9.59 Å². The summed E-state index contributed by atoms with van der Waals surface area (Å²) >= 11 is 4.40. The Hall–Kier alpha value is -3.93. The predicted octanol–water partition coefficient (Wildman–Crippen LogP) is 3.38. The van der Waals surface area contributed by atoms with Crippen LogP contribution in [0.15, 0.2) is 36.5 Å². The number of hydrogen-bond acceptors (Lipinski definition) is 7. The van der Waals surface area contributed by atoms with Gasteiger partial charge in [0.15, 0.2) is 11.5 Å². The van der Waals surface area contributed by atoms with Crippen molar-refractivity contribution in [1.82, 2.24) is 30.0 Å². The van der Waals surface area contributed by atoms with Crippen LogP contribution >= 0.6 is 12.6 Å². The number of hydrogen-bond donors (Lipinski definition) is 3. The van der Waals surface area contributed by atoms with E-state index in [0.29, 0.717) is 27.9 Å². The van der Waals surface area contributed by atoms with Crippen LogP contribution in [0.5, 0.6) is 0 Å². The quantitative estimate of drug-likeness (QED) is 0.313. The van der Waals surface area contributed by atoms with Crippen LogP contribution in [0.4, 0.5) is 14.6 Å². The molecule has 12 heteroatoms. The molecule has 0 spiro atoms. The number of carbonyl (C=O) groups excluding carboxylic acids is 2. The highest BCUT2D eigenvalue weighted by Crippen LogP contribution is 2.41. The number of pyridine rings is 1. The number of amides is 2. The standard InChI is InChI=1S/C26H23F2N7O2S/c1-26(12-38)19-18(10-30-24(36)13-6-7-13)31-22(32-21(19)33-25(26)37)20-16-8-15(27)9-29-23(16)35(34-20)11-14-4-2-3-5-17(14)28/h2-5,8-9,13,38H,6-7,10-12H2,1H3,(H,30,36)(H,31,32,33,37). The van der Waals surface area contributed by atoms with Crippen molar-refractivity contribution in [2.24, 2.45) is 5.92 Å². The van der Waals surface area contributed by atoms with Gasteiger partial charge in [-0.05, 0) is 31.9 Å². The molecule has 0 saturated heterocycles. The molecule has 3 aromatic heterocycles. The van der Waals surface area contributed by atoms with Crippen LogP contribution in [0.1, 0.15) is 36.6 Å². The SMILES string of the molecule is CC1(CS)C(=O)Nc2nc(-c3nn(Cc4ccccc4F)c4ncc(F)cc34)nc(CNC(=O)C3CC3)c21. The van der Waals surface area contributed by atoms with Crippen molar-refractivity contribution in [3.8, 4) is 11.5 Å². The van der Waals surface area contributed by atoms with E-state index < -0.39 is 17.0 Å². The average molecular weight is 536 g/mol. The fourth-order valence-corrected chi connectivity index (χ4v) is 4.98. The molecule has 1 saturated carbocycles. The highest BCUT2D eigenvalue weighted by Gasteiger charge is 2.45. The summed E-state index contributed by atoms with van der Waals surface area (Å²) in [5.41, 5.74) is 0.907. The van der Waals surface area contributed by atoms with E-state index in [1.54, 1.807) is 25.1 Å². The number of halogens is 2. The Bertz CT molecular complexity index is 1620. The van der Waals surface area contributed by atoms with Crippen molar-refractivity contribution >= 4 is 41.3 Å². The zero-order valence-electron chi connectivity index (χ0n) is 20.3. The van der Waals surface area contributed by atoms with E-state index in [9.17, 15) is 18.4 Å². The number of carbonyl (C=O) groups is 2. The normalized spacial score (nSPS) is 18.5. The van der Waals surface area contributed by atoms with E-state index in [-0.39, 0.29) is 53.9 Å². The van der Waals surface area contributed by atoms with Gasteiger partial charge in [-0.15, -0.1) is 0 Å². The topological polar surface area (TPSA) is 115 Å². The van der Waals surface area contributed by atoms with E-state index in [1.165, 1.54) is 16.8 Å². The molecule has 1 aromatic carbocycles. The second-order valence-electron chi connectivity index (χ2n) is 9.78. The molecule has 1 unspecified atom stereocenters. The summed E-state index contributed by atoms with van der Waals surface area (Å²) in [6.07, 6.45) is 2.75. The van der Waals surface area contributed by atoms with Gasteiger partial charge in [-0.2, -0.15) is 17.7 Å². The van der Waals surface area contributed by atoms with Crippen LogP contribution in [-0.2, 0) is 28.1 Å². The monoisotopic (exact) mass is 535 g/mol. The Labute approximate surface area is 221 Å². The molecule has 0 radical (unpaired) electrons. The molecule has 4 aromatic rings. The molecule has 2 amide bonds. The van der Waals surface area contributed by atoms with Crippen molar-refractivity contribution in [1.29, 1.82) is 0 Å². The highest BCUT2D eigenvalue weighted by molar-refractivity contribution is 7.80. The van der Waals surface area contributed by atoms with Gasteiger partial charge in [0.25, 0.3) is 0 Å². The molecule has 38 heavy (non-hydrogen) atoms. The van der Waals surface area contributed by atoms with Crippen LogP contribution in [0.2, 0.25) is 0 Å². The second kappa shape index (κ2) is 9.12. The minimum Gasteiger partial charge on any atom is -0.350 e. The van der Waals surface area contributed by atoms with Gasteiger partial charge in [-0.1, -0.05) is 18.2 Å². The molecule has 1 aliphatic carbocycles. The molecule has 4 heterocycles. The minimum atomic E-state index is -1.00. The number of rotatable bonds is 7. The number of thiol groups is 1. The maximum absolute atomic E-state index is 14.4. The molecule has 9 nitrogen and oxygen atoms in total. The number of aromatic nitrogens is 5. The summed E-state index contributed by atoms with van der Waals surface area (Å²) in [4.78, 5) is 38.8. The summed E-state index contributed by atoms with van der Waals surface area (Å²) in [7, 11) is 0. The maximum atomic E-state index is 14.4. The lowest BCUT2D eigenvalue weighted by Gasteiger charge is -2.21. The van der Waals surface area contributed by atoms with Crippen molar-refractivity contribution in [2.45, 2.75) is 38.3 Å². The van der Waals surface area contributed by atoms with Crippen molar-refractivity contribution < 1.29 is 18.4 Å². The predicted molar refractivity (Wildman–Crippen MR) is 138 cm³/mol. The average Bonchev–Trinajstić information content (AvgIpc) is 3.65. The van der Waals surface area contributed by atoms with Crippen LogP contribution in [0.25, 0.3) is 22.6 Å². The van der Waals surface area contributed by atoms with Crippen molar-refractivity contribution in [2.75, 3.05) is 11.1 Å².